The minimum Gasteiger partial charge on any atom is -0.496 e. The number of epoxide rings is 1. The van der Waals surface area contributed by atoms with Crippen LogP contribution in [0, 0.1) is 5.82 Å². The summed E-state index contributed by atoms with van der Waals surface area (Å²) in [5, 5.41) is 16.7. The van der Waals surface area contributed by atoms with Crippen molar-refractivity contribution in [2.45, 2.75) is 37.6 Å². The van der Waals surface area contributed by atoms with E-state index < -0.39 is 30.0 Å². The largest absolute Gasteiger partial charge is 0.496 e. The highest BCUT2D eigenvalue weighted by molar-refractivity contribution is 6.40. The molecule has 3 N–H and O–H groups in total. The first kappa shape index (κ1) is 32.2. The average molecular weight is 672 g/mol. The third kappa shape index (κ3) is 6.18. The monoisotopic (exact) mass is 670 g/mol. The van der Waals surface area contributed by atoms with Gasteiger partial charge in [-0.1, -0.05) is 53.5 Å². The van der Waals surface area contributed by atoms with E-state index in [0.29, 0.717) is 51.6 Å². The first-order valence-corrected chi connectivity index (χ1v) is 15.5. The van der Waals surface area contributed by atoms with E-state index in [-0.39, 0.29) is 41.7 Å². The zero-order valence-corrected chi connectivity index (χ0v) is 26.9. The van der Waals surface area contributed by atoms with Crippen LogP contribution in [0.25, 0.3) is 22.3 Å². The van der Waals surface area contributed by atoms with Crippen molar-refractivity contribution in [3.8, 4) is 28.0 Å². The normalized spacial score (nSPS) is 22.6. The summed E-state index contributed by atoms with van der Waals surface area (Å²) >= 11 is 13.8. The van der Waals surface area contributed by atoms with Gasteiger partial charge in [-0.3, -0.25) is 9.59 Å². The molecule has 3 aliphatic rings. The fourth-order valence-corrected chi connectivity index (χ4v) is 6.39. The van der Waals surface area contributed by atoms with Gasteiger partial charge in [0.05, 0.1) is 35.6 Å². The number of nitrogens with zero attached hydrogens (tertiary/aromatic N) is 2. The molecule has 0 spiro atoms. The van der Waals surface area contributed by atoms with Crippen molar-refractivity contribution in [1.29, 1.82) is 0 Å². The number of hydrogen-bond acceptors (Lipinski definition) is 8. The van der Waals surface area contributed by atoms with Gasteiger partial charge < -0.3 is 39.8 Å². The maximum absolute atomic E-state index is 15.6. The van der Waals surface area contributed by atoms with Crippen LogP contribution < -0.4 is 15.4 Å². The Kier molecular flexibility index (Phi) is 9.24. The number of methoxy groups -OCH3 is 1. The number of rotatable bonds is 8. The second-order valence-corrected chi connectivity index (χ2v) is 12.1. The Labute approximate surface area is 275 Å². The van der Waals surface area contributed by atoms with Crippen molar-refractivity contribution in [1.82, 2.24) is 15.1 Å². The van der Waals surface area contributed by atoms with E-state index in [4.69, 9.17) is 37.4 Å². The molecule has 0 bridgehead atoms. The molecule has 4 atom stereocenters. The van der Waals surface area contributed by atoms with E-state index in [1.165, 1.54) is 24.3 Å². The molecule has 3 aliphatic heterocycles. The van der Waals surface area contributed by atoms with Crippen molar-refractivity contribution in [3.05, 3.63) is 81.7 Å². The van der Waals surface area contributed by atoms with Crippen molar-refractivity contribution in [3.63, 3.8) is 0 Å². The maximum Gasteiger partial charge on any atom is 0.262 e. The van der Waals surface area contributed by atoms with Crippen molar-refractivity contribution in [2.24, 2.45) is 0 Å². The van der Waals surface area contributed by atoms with Gasteiger partial charge in [0.1, 0.15) is 17.1 Å². The second-order valence-electron chi connectivity index (χ2n) is 11.4. The molecule has 3 aromatic carbocycles. The summed E-state index contributed by atoms with van der Waals surface area (Å²) in [5.41, 5.74) is 2.68. The zero-order chi connectivity index (χ0) is 32.7. The lowest BCUT2D eigenvalue weighted by molar-refractivity contribution is -0.129. The van der Waals surface area contributed by atoms with Gasteiger partial charge in [-0.2, -0.15) is 0 Å². The molecule has 13 heteroatoms. The van der Waals surface area contributed by atoms with Gasteiger partial charge in [0.2, 0.25) is 0 Å². The highest BCUT2D eigenvalue weighted by Crippen LogP contribution is 2.43. The molecule has 10 nitrogen and oxygen atoms in total. The lowest BCUT2D eigenvalue weighted by Gasteiger charge is -2.29. The number of halogens is 3. The van der Waals surface area contributed by atoms with Gasteiger partial charge in [0, 0.05) is 61.7 Å². The number of carbonyl (C=O) groups is 2. The van der Waals surface area contributed by atoms with Crippen LogP contribution >= 0.6 is 23.2 Å². The number of anilines is 1. The number of aliphatic hydroxyl groups is 1. The molecule has 2 saturated heterocycles. The Bertz CT molecular complexity index is 1720. The van der Waals surface area contributed by atoms with E-state index in [0.717, 1.165) is 0 Å². The molecule has 2 fully saturated rings. The molecule has 0 radical (unpaired) electrons. The first-order chi connectivity index (χ1) is 22.1. The fourth-order valence-electron chi connectivity index (χ4n) is 5.77. The quantitative estimate of drug-likeness (QED) is 0.235. The topological polar surface area (TPSA) is 116 Å². The molecule has 46 heavy (non-hydrogen) atoms. The smallest absolute Gasteiger partial charge is 0.262 e. The molecule has 0 aromatic heterocycles. The van der Waals surface area contributed by atoms with E-state index in [1.54, 1.807) is 61.5 Å². The van der Waals surface area contributed by atoms with Crippen LogP contribution in [0.1, 0.15) is 12.0 Å². The van der Waals surface area contributed by atoms with Crippen LogP contribution in [0.2, 0.25) is 10.0 Å². The number of likely N-dealkylation sites (N-methyl/N-ethyl adjacent to an activating group) is 2. The minimum absolute atomic E-state index is 0.0548. The van der Waals surface area contributed by atoms with E-state index in [2.05, 4.69) is 10.6 Å². The third-order valence-electron chi connectivity index (χ3n) is 8.45. The van der Waals surface area contributed by atoms with Crippen LogP contribution in [0.3, 0.4) is 0 Å². The van der Waals surface area contributed by atoms with Gasteiger partial charge in [-0.25, -0.2) is 4.39 Å². The number of aliphatic hydroxyl groups excluding tert-OH is 1. The molecule has 2 unspecified atom stereocenters. The molecule has 3 heterocycles. The molecular weight excluding hydrogens is 638 g/mol. The number of ether oxygens (including phenoxy) is 3. The molecule has 0 saturated carbocycles. The summed E-state index contributed by atoms with van der Waals surface area (Å²) < 4.78 is 31.9. The Balaban J connectivity index is 1.26. The summed E-state index contributed by atoms with van der Waals surface area (Å²) in [7, 11) is 4.78. The summed E-state index contributed by atoms with van der Waals surface area (Å²) in [6.45, 7) is 0.905. The molecular formula is C33H33Cl2FN4O6. The first-order valence-electron chi connectivity index (χ1n) is 14.7. The summed E-state index contributed by atoms with van der Waals surface area (Å²) in [5.74, 6) is -1.25. The standard InChI is InChI=1S/C33H33Cl2FN4O6/c1-39-15-22(31(43)40(2)33-32(39)46-33)30(42)38-25-9-5-8-20(29(25)35)19-7-4-6-18(28(19)34)17-12-23(36)21(27(13-17)44-3)14-37-24-10-11-45-16-26(24)41/h4-9,12-13,15,24,26,32-33,37,41H,10-11,14,16H2,1-3H3,(H,38,42)/t24-,26-,32?,33?/m0/s1. The van der Waals surface area contributed by atoms with Crippen LogP contribution in [0.15, 0.2) is 60.3 Å². The SMILES string of the molecule is COc1cc(-c2cccc(-c3cccc(NC(=O)C4=CN(C)C5OC5N(C)C4=O)c3Cl)c2Cl)cc(F)c1CN[C@H]1CCOC[C@@H]1O. The highest BCUT2D eigenvalue weighted by Gasteiger charge is 2.50. The minimum atomic E-state index is -0.678. The molecule has 6 rings (SSSR count). The summed E-state index contributed by atoms with van der Waals surface area (Å²) in [4.78, 5) is 29.3. The van der Waals surface area contributed by atoms with Crippen molar-refractivity contribution < 1.29 is 33.3 Å². The Hall–Kier alpha value is -3.71. The predicted octanol–water partition coefficient (Wildman–Crippen LogP) is 4.62. The van der Waals surface area contributed by atoms with Gasteiger partial charge in [-0.15, -0.1) is 0 Å². The van der Waals surface area contributed by atoms with Crippen LogP contribution in [0.4, 0.5) is 10.1 Å². The zero-order valence-electron chi connectivity index (χ0n) is 25.4. The van der Waals surface area contributed by atoms with Crippen LogP contribution in [-0.4, -0.2) is 85.7 Å². The van der Waals surface area contributed by atoms with Crippen molar-refractivity contribution >= 4 is 40.7 Å². The van der Waals surface area contributed by atoms with Gasteiger partial charge in [-0.05, 0) is 30.2 Å². The molecule has 242 valence electrons. The highest BCUT2D eigenvalue weighted by atomic mass is 35.5. The Morgan fingerprint density at radius 1 is 1.09 bits per heavy atom. The molecule has 2 amide bonds. The second kappa shape index (κ2) is 13.2. The number of amides is 2. The van der Waals surface area contributed by atoms with E-state index in [1.807, 2.05) is 0 Å². The summed E-state index contributed by atoms with van der Waals surface area (Å²) in [6, 6.07) is 13.3. The van der Waals surface area contributed by atoms with Gasteiger partial charge in [0.25, 0.3) is 11.8 Å². The molecule has 0 aliphatic carbocycles. The number of hydrogen-bond donors (Lipinski definition) is 3. The van der Waals surface area contributed by atoms with Gasteiger partial charge >= 0.3 is 0 Å². The fraction of sp³-hybridized carbons (Fsp3) is 0.333. The Morgan fingerprint density at radius 2 is 1.80 bits per heavy atom. The number of nitrogens with one attached hydrogen (secondary N) is 2. The Morgan fingerprint density at radius 3 is 2.54 bits per heavy atom. The number of carbonyl (C=O) groups excluding carboxylic acids is 2. The lowest BCUT2D eigenvalue weighted by Crippen LogP contribution is -2.46. The van der Waals surface area contributed by atoms with Crippen LogP contribution in [0.5, 0.6) is 5.75 Å². The molecule has 3 aromatic rings. The van der Waals surface area contributed by atoms with E-state index in [9.17, 15) is 14.7 Å². The number of fused-ring (bicyclic) bond motifs is 1. The predicted molar refractivity (Wildman–Crippen MR) is 172 cm³/mol. The number of benzene rings is 3. The van der Waals surface area contributed by atoms with Crippen molar-refractivity contribution in [2.75, 3.05) is 39.7 Å². The van der Waals surface area contributed by atoms with Crippen LogP contribution in [-0.2, 0) is 25.6 Å². The summed E-state index contributed by atoms with van der Waals surface area (Å²) in [6.07, 6.45) is 0.691. The average Bonchev–Trinajstić information content (AvgIpc) is 3.86. The third-order valence-corrected chi connectivity index (χ3v) is 9.26. The maximum atomic E-state index is 15.6. The van der Waals surface area contributed by atoms with Gasteiger partial charge in [0.15, 0.2) is 12.5 Å². The van der Waals surface area contributed by atoms with E-state index >= 15 is 4.39 Å². The lowest BCUT2D eigenvalue weighted by atomic mass is 9.96.